The van der Waals surface area contributed by atoms with Crippen LogP contribution in [0.1, 0.15) is 88.8 Å². The molecule has 1 N–H and O–H groups in total. The van der Waals surface area contributed by atoms with Gasteiger partial charge in [-0.25, -0.2) is 13.1 Å². The zero-order chi connectivity index (χ0) is 19.9. The summed E-state index contributed by atoms with van der Waals surface area (Å²) in [6, 6.07) is 4.21. The average molecular weight is 390 g/mol. The molecule has 0 aliphatic heterocycles. The second kappa shape index (κ2) is 7.71. The molecule has 0 spiro atoms. The van der Waals surface area contributed by atoms with Gasteiger partial charge < -0.3 is 0 Å². The summed E-state index contributed by atoms with van der Waals surface area (Å²) in [5.41, 5.74) is 3.12. The first-order valence-electron chi connectivity index (χ1n) is 10.5. The van der Waals surface area contributed by atoms with E-state index in [1.54, 1.807) is 0 Å². The molecule has 1 aromatic carbocycles. The first-order chi connectivity index (χ1) is 12.6. The molecule has 4 heteroatoms. The van der Waals surface area contributed by atoms with Gasteiger partial charge in [0.1, 0.15) is 0 Å². The highest BCUT2D eigenvalue weighted by Crippen LogP contribution is 2.43. The van der Waals surface area contributed by atoms with E-state index in [9.17, 15) is 8.42 Å². The monoisotopic (exact) mass is 389 g/mol. The fraction of sp³-hybridized carbons (Fsp3) is 0.652. The Labute approximate surface area is 165 Å². The van der Waals surface area contributed by atoms with Gasteiger partial charge in [0.15, 0.2) is 0 Å². The van der Waals surface area contributed by atoms with E-state index < -0.39 is 10.0 Å². The summed E-state index contributed by atoms with van der Waals surface area (Å²) in [6.45, 7) is 13.2. The third kappa shape index (κ3) is 4.17. The summed E-state index contributed by atoms with van der Waals surface area (Å²) in [4.78, 5) is 0.524. The molecular formula is C23H35NO2S. The van der Waals surface area contributed by atoms with Gasteiger partial charge >= 0.3 is 0 Å². The minimum Gasteiger partial charge on any atom is -0.211 e. The third-order valence-corrected chi connectivity index (χ3v) is 7.86. The molecule has 0 radical (unpaired) electrons. The highest BCUT2D eigenvalue weighted by atomic mass is 32.2. The van der Waals surface area contributed by atoms with Gasteiger partial charge in [-0.15, -0.1) is 0 Å². The van der Waals surface area contributed by atoms with Crippen LogP contribution in [0.2, 0.25) is 0 Å². The van der Waals surface area contributed by atoms with Crippen LogP contribution in [0, 0.1) is 17.8 Å². The minimum absolute atomic E-state index is 0.165. The van der Waals surface area contributed by atoms with Gasteiger partial charge in [0.2, 0.25) is 10.0 Å². The molecule has 0 aromatic heterocycles. The van der Waals surface area contributed by atoms with Crippen LogP contribution in [0.5, 0.6) is 0 Å². The molecule has 0 heterocycles. The fourth-order valence-corrected chi connectivity index (χ4v) is 6.41. The number of allylic oxidation sites excluding steroid dienone is 2. The lowest BCUT2D eigenvalue weighted by Gasteiger charge is -2.24. The van der Waals surface area contributed by atoms with Crippen molar-refractivity contribution in [3.63, 3.8) is 0 Å². The predicted molar refractivity (Wildman–Crippen MR) is 113 cm³/mol. The van der Waals surface area contributed by atoms with Crippen LogP contribution in [0.25, 0.3) is 0 Å². The van der Waals surface area contributed by atoms with Crippen molar-refractivity contribution in [2.45, 2.75) is 77.0 Å². The van der Waals surface area contributed by atoms with Gasteiger partial charge in [0.25, 0.3) is 0 Å². The molecule has 1 fully saturated rings. The number of sulfonamides is 1. The molecule has 1 aromatic rings. The normalized spacial score (nSPS) is 24.7. The first-order valence-corrected chi connectivity index (χ1v) is 11.9. The molecule has 3 atom stereocenters. The van der Waals surface area contributed by atoms with Crippen molar-refractivity contribution in [3.05, 3.63) is 41.0 Å². The van der Waals surface area contributed by atoms with E-state index in [4.69, 9.17) is 0 Å². The van der Waals surface area contributed by atoms with E-state index in [-0.39, 0.29) is 11.8 Å². The maximum absolute atomic E-state index is 13.4. The molecule has 27 heavy (non-hydrogen) atoms. The van der Waals surface area contributed by atoms with E-state index in [1.165, 1.54) is 12.0 Å². The number of nitrogens with one attached hydrogen (secondary N) is 1. The van der Waals surface area contributed by atoms with Crippen LogP contribution in [-0.2, 0) is 10.0 Å². The van der Waals surface area contributed by atoms with E-state index >= 15 is 0 Å². The summed E-state index contributed by atoms with van der Waals surface area (Å²) in [6.07, 6.45) is 6.89. The van der Waals surface area contributed by atoms with Crippen molar-refractivity contribution < 1.29 is 8.42 Å². The highest BCUT2D eigenvalue weighted by Gasteiger charge is 2.36. The molecule has 3 nitrogen and oxygen atoms in total. The van der Waals surface area contributed by atoms with Crippen molar-refractivity contribution >= 4 is 10.0 Å². The van der Waals surface area contributed by atoms with Gasteiger partial charge in [-0.1, -0.05) is 65.8 Å². The van der Waals surface area contributed by atoms with Crippen molar-refractivity contribution in [3.8, 4) is 0 Å². The van der Waals surface area contributed by atoms with Crippen molar-refractivity contribution in [1.29, 1.82) is 0 Å². The molecule has 2 aliphatic carbocycles. The SMILES string of the molecule is CC(C)c1cc(C(C)C)c(S(=O)(=O)NC[C@H]2CC3C=CC2C3)c(C(C)C)c1. The van der Waals surface area contributed by atoms with Crippen LogP contribution in [-0.4, -0.2) is 15.0 Å². The highest BCUT2D eigenvalue weighted by molar-refractivity contribution is 7.89. The number of fused-ring (bicyclic) bond motifs is 2. The maximum Gasteiger partial charge on any atom is 0.241 e. The number of hydrogen-bond donors (Lipinski definition) is 1. The molecule has 3 rings (SSSR count). The van der Waals surface area contributed by atoms with Gasteiger partial charge in [-0.05, 0) is 65.0 Å². The quantitative estimate of drug-likeness (QED) is 0.622. The smallest absolute Gasteiger partial charge is 0.211 e. The van der Waals surface area contributed by atoms with Gasteiger partial charge in [-0.2, -0.15) is 0 Å². The Morgan fingerprint density at radius 1 is 0.926 bits per heavy atom. The molecule has 0 amide bonds. The third-order valence-electron chi connectivity index (χ3n) is 6.30. The fourth-order valence-electron chi connectivity index (χ4n) is 4.62. The minimum atomic E-state index is -3.53. The molecule has 2 aliphatic rings. The summed E-state index contributed by atoms with van der Waals surface area (Å²) < 4.78 is 29.8. The van der Waals surface area contributed by atoms with E-state index in [1.807, 2.05) is 0 Å². The van der Waals surface area contributed by atoms with Crippen molar-refractivity contribution in [1.82, 2.24) is 4.72 Å². The zero-order valence-electron chi connectivity index (χ0n) is 17.6. The number of benzene rings is 1. The molecular weight excluding hydrogens is 354 g/mol. The Morgan fingerprint density at radius 3 is 1.93 bits per heavy atom. The standard InChI is InChI=1S/C23H35NO2S/c1-14(2)19-11-21(15(3)4)23(22(12-19)16(5)6)27(25,26)24-13-20-10-17-7-8-18(20)9-17/h7-8,11-12,14-18,20,24H,9-10,13H2,1-6H3/t17?,18?,20-/m1/s1. The molecule has 1 saturated carbocycles. The van der Waals surface area contributed by atoms with Crippen LogP contribution in [0.4, 0.5) is 0 Å². The maximum atomic E-state index is 13.4. The second-order valence-electron chi connectivity index (χ2n) is 9.38. The second-order valence-corrected chi connectivity index (χ2v) is 11.1. The van der Waals surface area contributed by atoms with Gasteiger partial charge in [-0.3, -0.25) is 0 Å². The number of rotatable bonds is 7. The van der Waals surface area contributed by atoms with Crippen LogP contribution < -0.4 is 4.72 Å². The van der Waals surface area contributed by atoms with E-state index in [2.05, 4.69) is 70.5 Å². The Morgan fingerprint density at radius 2 is 1.52 bits per heavy atom. The first kappa shape index (κ1) is 20.6. The van der Waals surface area contributed by atoms with Crippen molar-refractivity contribution in [2.75, 3.05) is 6.54 Å². The van der Waals surface area contributed by atoms with Crippen LogP contribution in [0.3, 0.4) is 0 Å². The predicted octanol–water partition coefficient (Wildman–Crippen LogP) is 5.55. The van der Waals surface area contributed by atoms with Gasteiger partial charge in [0.05, 0.1) is 4.90 Å². The molecule has 150 valence electrons. The van der Waals surface area contributed by atoms with E-state index in [0.29, 0.717) is 35.1 Å². The summed E-state index contributed by atoms with van der Waals surface area (Å²) in [7, 11) is -3.53. The lowest BCUT2D eigenvalue weighted by Crippen LogP contribution is -2.32. The Hall–Kier alpha value is -1.13. The lowest BCUT2D eigenvalue weighted by molar-refractivity contribution is 0.440. The Balaban J connectivity index is 1.96. The molecule has 2 bridgehead atoms. The summed E-state index contributed by atoms with van der Waals surface area (Å²) in [5.74, 6) is 2.36. The Kier molecular flexibility index (Phi) is 5.88. The largest absolute Gasteiger partial charge is 0.241 e. The summed E-state index contributed by atoms with van der Waals surface area (Å²) in [5, 5.41) is 0. The van der Waals surface area contributed by atoms with Gasteiger partial charge in [0, 0.05) is 6.54 Å². The number of hydrogen-bond acceptors (Lipinski definition) is 2. The van der Waals surface area contributed by atoms with Crippen LogP contribution >= 0.6 is 0 Å². The molecule has 0 saturated heterocycles. The summed E-state index contributed by atoms with van der Waals surface area (Å²) >= 11 is 0. The molecule has 2 unspecified atom stereocenters. The van der Waals surface area contributed by atoms with Crippen LogP contribution in [0.15, 0.2) is 29.2 Å². The van der Waals surface area contributed by atoms with E-state index in [0.717, 1.165) is 17.5 Å². The zero-order valence-corrected chi connectivity index (χ0v) is 18.4. The van der Waals surface area contributed by atoms with Crippen molar-refractivity contribution in [2.24, 2.45) is 17.8 Å². The average Bonchev–Trinajstić information content (AvgIpc) is 3.21. The Bertz CT molecular complexity index is 792. The lowest BCUT2D eigenvalue weighted by atomic mass is 9.89. The topological polar surface area (TPSA) is 46.2 Å².